The highest BCUT2D eigenvalue weighted by atomic mass is 16.7. The largest absolute Gasteiger partial charge is 0.462 e. The van der Waals surface area contributed by atoms with E-state index in [1.54, 1.807) is 13.8 Å². The van der Waals surface area contributed by atoms with Gasteiger partial charge in [0, 0.05) is 20.8 Å². The van der Waals surface area contributed by atoms with E-state index in [9.17, 15) is 19.5 Å². The highest BCUT2D eigenvalue weighted by molar-refractivity contribution is 5.67. The molecule has 0 bridgehead atoms. The SMILES string of the molecule is CC(=O)OC[C@@H](OC(C)=O)[C@H]1O[C@@H]2OC(C)(C)[C@H](O)[C@@H]2[C@H]1OC(C)=O. The monoisotopic (exact) mass is 360 g/mol. The number of aliphatic hydroxyl groups is 1. The molecule has 25 heavy (non-hydrogen) atoms. The molecule has 2 heterocycles. The topological polar surface area (TPSA) is 118 Å². The normalized spacial score (nSPS) is 34.1. The van der Waals surface area contributed by atoms with Crippen molar-refractivity contribution < 1.29 is 43.2 Å². The van der Waals surface area contributed by atoms with Crippen LogP contribution in [0.2, 0.25) is 0 Å². The van der Waals surface area contributed by atoms with Crippen LogP contribution in [0.25, 0.3) is 0 Å². The number of carbonyl (C=O) groups excluding carboxylic acids is 3. The highest BCUT2D eigenvalue weighted by Gasteiger charge is 2.62. The van der Waals surface area contributed by atoms with E-state index in [4.69, 9.17) is 23.7 Å². The van der Waals surface area contributed by atoms with E-state index in [1.807, 2.05) is 0 Å². The Labute approximate surface area is 145 Å². The molecule has 2 saturated heterocycles. The molecule has 0 aromatic heterocycles. The predicted molar refractivity (Wildman–Crippen MR) is 81.1 cm³/mol. The molecule has 0 aromatic rings. The first-order chi connectivity index (χ1) is 11.5. The molecule has 6 atom stereocenters. The number of esters is 3. The van der Waals surface area contributed by atoms with Crippen molar-refractivity contribution in [3.05, 3.63) is 0 Å². The molecular weight excluding hydrogens is 336 g/mol. The van der Waals surface area contributed by atoms with Crippen molar-refractivity contribution in [1.82, 2.24) is 0 Å². The van der Waals surface area contributed by atoms with Crippen molar-refractivity contribution in [2.75, 3.05) is 6.61 Å². The van der Waals surface area contributed by atoms with Gasteiger partial charge in [-0.15, -0.1) is 0 Å². The van der Waals surface area contributed by atoms with E-state index in [1.165, 1.54) is 20.8 Å². The molecule has 2 aliphatic rings. The maximum absolute atomic E-state index is 11.5. The Bertz CT molecular complexity index is 544. The van der Waals surface area contributed by atoms with Gasteiger partial charge >= 0.3 is 17.9 Å². The maximum Gasteiger partial charge on any atom is 0.303 e. The van der Waals surface area contributed by atoms with Crippen LogP contribution in [0.3, 0.4) is 0 Å². The Balaban J connectivity index is 2.25. The minimum atomic E-state index is -1.00. The van der Waals surface area contributed by atoms with E-state index < -0.39 is 60.1 Å². The highest BCUT2D eigenvalue weighted by Crippen LogP contribution is 2.45. The van der Waals surface area contributed by atoms with Crippen molar-refractivity contribution in [3.63, 3.8) is 0 Å². The van der Waals surface area contributed by atoms with Gasteiger partial charge in [-0.05, 0) is 13.8 Å². The first-order valence-corrected chi connectivity index (χ1v) is 8.02. The lowest BCUT2D eigenvalue weighted by molar-refractivity contribution is -0.207. The van der Waals surface area contributed by atoms with Gasteiger partial charge in [-0.1, -0.05) is 0 Å². The van der Waals surface area contributed by atoms with E-state index in [0.29, 0.717) is 0 Å². The summed E-state index contributed by atoms with van der Waals surface area (Å²) >= 11 is 0. The Morgan fingerprint density at radius 2 is 1.76 bits per heavy atom. The Hall–Kier alpha value is -1.71. The van der Waals surface area contributed by atoms with Crippen molar-refractivity contribution >= 4 is 17.9 Å². The summed E-state index contributed by atoms with van der Waals surface area (Å²) in [6.45, 7) is 6.77. The summed E-state index contributed by atoms with van der Waals surface area (Å²) < 4.78 is 26.9. The second kappa shape index (κ2) is 7.27. The van der Waals surface area contributed by atoms with Gasteiger partial charge in [-0.25, -0.2) is 0 Å². The maximum atomic E-state index is 11.5. The van der Waals surface area contributed by atoms with Crippen LogP contribution in [0.5, 0.6) is 0 Å². The Morgan fingerprint density at radius 1 is 1.12 bits per heavy atom. The van der Waals surface area contributed by atoms with Gasteiger partial charge in [0.05, 0.1) is 17.6 Å². The molecule has 2 aliphatic heterocycles. The number of rotatable bonds is 5. The molecule has 0 radical (unpaired) electrons. The summed E-state index contributed by atoms with van der Waals surface area (Å²) in [5, 5.41) is 10.5. The van der Waals surface area contributed by atoms with Crippen LogP contribution < -0.4 is 0 Å². The average Bonchev–Trinajstić information content (AvgIpc) is 2.89. The standard InChI is InChI=1S/C16H24O9/c1-7(17)21-6-10(22-8(2)18)12-13(23-9(3)19)11-14(20)16(4,5)25-15(11)24-12/h10-15,20H,6H2,1-5H3/t10-,11+,12-,13-,14-,15-/m1/s1. The fraction of sp³-hybridized carbons (Fsp3) is 0.812. The van der Waals surface area contributed by atoms with E-state index in [-0.39, 0.29) is 6.61 Å². The summed E-state index contributed by atoms with van der Waals surface area (Å²) in [5.74, 6) is -2.40. The predicted octanol–water partition coefficient (Wildman–Crippen LogP) is -0.0763. The zero-order valence-corrected chi connectivity index (χ0v) is 14.9. The molecule has 0 amide bonds. The number of ether oxygens (including phenoxy) is 5. The van der Waals surface area contributed by atoms with Crippen molar-refractivity contribution in [2.45, 2.75) is 70.9 Å². The van der Waals surface area contributed by atoms with E-state index in [0.717, 1.165) is 0 Å². The second-order valence-electron chi connectivity index (χ2n) is 6.74. The summed E-state index contributed by atoms with van der Waals surface area (Å²) in [6, 6.07) is 0. The smallest absolute Gasteiger partial charge is 0.303 e. The van der Waals surface area contributed by atoms with Gasteiger partial charge in [-0.2, -0.15) is 0 Å². The lowest BCUT2D eigenvalue weighted by Gasteiger charge is -2.32. The molecule has 0 spiro atoms. The molecule has 0 aromatic carbocycles. The first-order valence-electron chi connectivity index (χ1n) is 8.02. The zero-order valence-electron chi connectivity index (χ0n) is 14.9. The molecular formula is C16H24O9. The van der Waals surface area contributed by atoms with Gasteiger partial charge in [0.25, 0.3) is 0 Å². The summed E-state index contributed by atoms with van der Waals surface area (Å²) in [5.41, 5.74) is -0.883. The molecule has 0 aliphatic carbocycles. The molecule has 9 nitrogen and oxygen atoms in total. The molecule has 142 valence electrons. The van der Waals surface area contributed by atoms with E-state index in [2.05, 4.69) is 0 Å². The summed E-state index contributed by atoms with van der Waals surface area (Å²) in [6.07, 6.45) is -4.66. The second-order valence-corrected chi connectivity index (χ2v) is 6.74. The third-order valence-corrected chi connectivity index (χ3v) is 4.24. The average molecular weight is 360 g/mol. The third-order valence-electron chi connectivity index (χ3n) is 4.24. The van der Waals surface area contributed by atoms with Gasteiger partial charge in [-0.3, -0.25) is 14.4 Å². The van der Waals surface area contributed by atoms with Crippen LogP contribution >= 0.6 is 0 Å². The van der Waals surface area contributed by atoms with Crippen molar-refractivity contribution in [1.29, 1.82) is 0 Å². The summed E-state index contributed by atoms with van der Waals surface area (Å²) in [4.78, 5) is 34.0. The molecule has 2 rings (SSSR count). The lowest BCUT2D eigenvalue weighted by atomic mass is 9.87. The number of fused-ring (bicyclic) bond motifs is 1. The van der Waals surface area contributed by atoms with Gasteiger partial charge in [0.1, 0.15) is 18.8 Å². The van der Waals surface area contributed by atoms with Crippen LogP contribution in [-0.4, -0.2) is 65.9 Å². The van der Waals surface area contributed by atoms with Gasteiger partial charge in [0.15, 0.2) is 12.4 Å². The summed E-state index contributed by atoms with van der Waals surface area (Å²) in [7, 11) is 0. The van der Waals surface area contributed by atoms with E-state index >= 15 is 0 Å². The van der Waals surface area contributed by atoms with Crippen LogP contribution in [0.4, 0.5) is 0 Å². The Kier molecular flexibility index (Phi) is 5.70. The van der Waals surface area contributed by atoms with Crippen LogP contribution in [0.15, 0.2) is 0 Å². The third kappa shape index (κ3) is 4.28. The van der Waals surface area contributed by atoms with Crippen LogP contribution in [0.1, 0.15) is 34.6 Å². The quantitative estimate of drug-likeness (QED) is 0.530. The minimum absolute atomic E-state index is 0.268. The first kappa shape index (κ1) is 19.6. The van der Waals surface area contributed by atoms with Gasteiger partial charge in [0.2, 0.25) is 0 Å². The molecule has 0 unspecified atom stereocenters. The molecule has 1 N–H and O–H groups in total. The van der Waals surface area contributed by atoms with Crippen LogP contribution in [0, 0.1) is 5.92 Å². The lowest BCUT2D eigenvalue weighted by Crippen LogP contribution is -2.48. The van der Waals surface area contributed by atoms with Gasteiger partial charge < -0.3 is 28.8 Å². The zero-order chi connectivity index (χ0) is 18.9. The molecule has 9 heteroatoms. The number of hydrogen-bond acceptors (Lipinski definition) is 9. The fourth-order valence-electron chi connectivity index (χ4n) is 3.21. The molecule has 0 saturated carbocycles. The number of hydrogen-bond donors (Lipinski definition) is 1. The number of carbonyl (C=O) groups is 3. The van der Waals surface area contributed by atoms with Crippen molar-refractivity contribution in [2.24, 2.45) is 5.92 Å². The Morgan fingerprint density at radius 3 is 2.28 bits per heavy atom. The number of aliphatic hydroxyl groups excluding tert-OH is 1. The van der Waals surface area contributed by atoms with Crippen molar-refractivity contribution in [3.8, 4) is 0 Å². The minimum Gasteiger partial charge on any atom is -0.462 e. The fourth-order valence-corrected chi connectivity index (χ4v) is 3.21. The van der Waals surface area contributed by atoms with Crippen LogP contribution in [-0.2, 0) is 38.1 Å². The molecule has 2 fully saturated rings.